The Hall–Kier alpha value is 0.269. The summed E-state index contributed by atoms with van der Waals surface area (Å²) < 4.78 is 6.09. The van der Waals surface area contributed by atoms with Gasteiger partial charge >= 0.3 is 91.4 Å². The van der Waals surface area contributed by atoms with Crippen LogP contribution in [0.4, 0.5) is 0 Å². The van der Waals surface area contributed by atoms with Gasteiger partial charge in [0.25, 0.3) is 0 Å². The Morgan fingerprint density at radius 3 is 2.85 bits per heavy atom. The molecule has 0 atom stereocenters. The van der Waals surface area contributed by atoms with Gasteiger partial charge in [-0.15, -0.1) is 0 Å². The first-order valence-corrected chi connectivity index (χ1v) is 8.67. The van der Waals surface area contributed by atoms with E-state index < -0.39 is 0 Å². The molecule has 0 fully saturated rings. The Morgan fingerprint density at radius 1 is 0.923 bits per heavy atom. The van der Waals surface area contributed by atoms with Crippen LogP contribution in [0, 0.1) is 0 Å². The molecule has 73 valence electrons. The molecule has 1 aliphatic heterocycles. The molecule has 1 rings (SSSR count). The van der Waals surface area contributed by atoms with Crippen molar-refractivity contribution in [3.63, 3.8) is 0 Å². The van der Waals surface area contributed by atoms with E-state index in [1.54, 1.807) is 0 Å². The van der Waals surface area contributed by atoms with E-state index in [1.165, 1.54) is 43.0 Å². The van der Waals surface area contributed by atoms with Crippen LogP contribution in [0.3, 0.4) is 0 Å². The van der Waals surface area contributed by atoms with Crippen molar-refractivity contribution in [1.29, 1.82) is 0 Å². The molecule has 0 N–H and O–H groups in total. The molecule has 0 spiro atoms. The van der Waals surface area contributed by atoms with Gasteiger partial charge in [-0.1, -0.05) is 0 Å². The number of rotatable bonds is 0. The van der Waals surface area contributed by atoms with Crippen LogP contribution in [0.5, 0.6) is 0 Å². The second kappa shape index (κ2) is 8.85. The maximum atomic E-state index is 4.66. The fourth-order valence-corrected chi connectivity index (χ4v) is 3.87. The van der Waals surface area contributed by atoms with E-state index in [-0.39, 0.29) is 21.0 Å². The van der Waals surface area contributed by atoms with Gasteiger partial charge < -0.3 is 0 Å². The summed E-state index contributed by atoms with van der Waals surface area (Å²) in [6, 6.07) is 0. The molecule has 0 aromatic heterocycles. The van der Waals surface area contributed by atoms with Crippen LogP contribution in [0.15, 0.2) is 8.15 Å². The second-order valence-electron chi connectivity index (χ2n) is 3.44. The molecule has 13 heavy (non-hydrogen) atoms. The Kier molecular flexibility index (Phi) is 7.72. The zero-order valence-corrected chi connectivity index (χ0v) is 11.2. The zero-order valence-electron chi connectivity index (χ0n) is 8.34. The van der Waals surface area contributed by atoms with Crippen molar-refractivity contribution in [2.24, 2.45) is 8.15 Å². The summed E-state index contributed by atoms with van der Waals surface area (Å²) in [6.07, 6.45) is 9.92. The Labute approximate surface area is 91.3 Å². The summed E-state index contributed by atoms with van der Waals surface area (Å²) in [5.41, 5.74) is 0. The normalized spacial score (nSPS) is 26.5. The van der Waals surface area contributed by atoms with Crippen LogP contribution in [0.1, 0.15) is 38.5 Å². The van der Waals surface area contributed by atoms with E-state index in [1.807, 2.05) is 0 Å². The Morgan fingerprint density at radius 2 is 1.85 bits per heavy atom. The molecule has 3 heteroatoms. The zero-order chi connectivity index (χ0) is 9.19. The molecule has 1 aliphatic rings. The average molecular weight is 286 g/mol. The van der Waals surface area contributed by atoms with Gasteiger partial charge in [0.2, 0.25) is 0 Å². The standard InChI is InChI=1S/C10H19N2.Sn/c1-2-3-9-12-10-7-5-4-6-8-11;/h10H,1-9H2;/b12-10+;. The predicted molar refractivity (Wildman–Crippen MR) is 58.9 cm³/mol. The van der Waals surface area contributed by atoms with Gasteiger partial charge in [-0.3, -0.25) is 0 Å². The molecule has 0 unspecified atom stereocenters. The topological polar surface area (TPSA) is 24.7 Å². The summed E-state index contributed by atoms with van der Waals surface area (Å²) in [6.45, 7) is 2.21. The van der Waals surface area contributed by atoms with Crippen LogP contribution in [0.2, 0.25) is 4.44 Å². The van der Waals surface area contributed by atoms with Gasteiger partial charge in [0.1, 0.15) is 0 Å². The van der Waals surface area contributed by atoms with E-state index in [4.69, 9.17) is 0 Å². The SMILES string of the molecule is C1=N/CCC[CH2]/[Sn]=[N]/CCCCC/1. The third-order valence-electron chi connectivity index (χ3n) is 2.17. The molecule has 0 aromatic rings. The fourth-order valence-electron chi connectivity index (χ4n) is 1.35. The summed E-state index contributed by atoms with van der Waals surface area (Å²) in [5.74, 6) is 0. The minimum absolute atomic E-state index is 0.303. The van der Waals surface area contributed by atoms with Crippen molar-refractivity contribution >= 4 is 27.2 Å². The third-order valence-corrected chi connectivity index (χ3v) is 5.09. The Balaban J connectivity index is 2.18. The summed E-state index contributed by atoms with van der Waals surface area (Å²) >= 11 is -0.303. The van der Waals surface area contributed by atoms with E-state index >= 15 is 0 Å². The monoisotopic (exact) mass is 287 g/mol. The summed E-state index contributed by atoms with van der Waals surface area (Å²) in [5, 5.41) is 0. The van der Waals surface area contributed by atoms with Crippen molar-refractivity contribution < 1.29 is 0 Å². The van der Waals surface area contributed by atoms with Crippen LogP contribution < -0.4 is 0 Å². The number of nitrogens with zero attached hydrogens (tertiary/aromatic N) is 2. The first-order valence-electron chi connectivity index (χ1n) is 5.38. The van der Waals surface area contributed by atoms with Crippen molar-refractivity contribution in [2.75, 3.05) is 13.1 Å². The van der Waals surface area contributed by atoms with Crippen LogP contribution in [-0.2, 0) is 0 Å². The van der Waals surface area contributed by atoms with Crippen molar-refractivity contribution in [3.8, 4) is 0 Å². The Bertz CT molecular complexity index is 148. The third kappa shape index (κ3) is 7.35. The predicted octanol–water partition coefficient (Wildman–Crippen LogP) is 2.72. The van der Waals surface area contributed by atoms with Gasteiger partial charge in [-0.2, -0.15) is 0 Å². The van der Waals surface area contributed by atoms with Gasteiger partial charge in [0, 0.05) is 0 Å². The summed E-state index contributed by atoms with van der Waals surface area (Å²) in [4.78, 5) is 4.40. The molecular formula is C10H19N2Sn. The first-order chi connectivity index (χ1) is 6.50. The number of hydrogen-bond donors (Lipinski definition) is 0. The van der Waals surface area contributed by atoms with Crippen LogP contribution in [0.25, 0.3) is 0 Å². The second-order valence-corrected chi connectivity index (χ2v) is 6.67. The van der Waals surface area contributed by atoms with E-state index in [9.17, 15) is 0 Å². The van der Waals surface area contributed by atoms with Gasteiger partial charge in [-0.25, -0.2) is 0 Å². The van der Waals surface area contributed by atoms with Crippen LogP contribution >= 0.6 is 0 Å². The minimum atomic E-state index is -0.303. The van der Waals surface area contributed by atoms with Gasteiger partial charge in [0.15, 0.2) is 0 Å². The first kappa shape index (κ1) is 11.3. The van der Waals surface area contributed by atoms with E-state index in [2.05, 4.69) is 14.4 Å². The molecule has 1 radical (unpaired) electrons. The quantitative estimate of drug-likeness (QED) is 0.612. The van der Waals surface area contributed by atoms with Crippen LogP contribution in [-0.4, -0.2) is 40.3 Å². The van der Waals surface area contributed by atoms with E-state index in [0.717, 1.165) is 13.1 Å². The molecule has 0 aromatic carbocycles. The molecule has 0 aliphatic carbocycles. The molecule has 1 heterocycles. The molecule has 0 amide bonds. The van der Waals surface area contributed by atoms with Crippen molar-refractivity contribution in [3.05, 3.63) is 0 Å². The molecule has 2 nitrogen and oxygen atoms in total. The van der Waals surface area contributed by atoms with Crippen molar-refractivity contribution in [1.82, 2.24) is 0 Å². The summed E-state index contributed by atoms with van der Waals surface area (Å²) in [7, 11) is 0. The van der Waals surface area contributed by atoms with Crippen molar-refractivity contribution in [2.45, 2.75) is 43.0 Å². The molecule has 0 saturated heterocycles. The average Bonchev–Trinajstić information content (AvgIpc) is 2.18. The molecular weight excluding hydrogens is 267 g/mol. The fraction of sp³-hybridized carbons (Fsp3) is 0.900. The molecule has 0 bridgehead atoms. The number of hydrogen-bond acceptors (Lipinski definition) is 2. The number of aliphatic imine (C=N–C) groups is 1. The maximum absolute atomic E-state index is 4.66. The van der Waals surface area contributed by atoms with E-state index in [0.29, 0.717) is 0 Å². The van der Waals surface area contributed by atoms with Gasteiger partial charge in [0.05, 0.1) is 0 Å². The van der Waals surface area contributed by atoms with Gasteiger partial charge in [-0.05, 0) is 0 Å². The molecule has 0 saturated carbocycles.